The number of aromatic nitrogens is 1. The van der Waals surface area contributed by atoms with E-state index in [1.807, 2.05) is 29.6 Å². The van der Waals surface area contributed by atoms with Gasteiger partial charge in [-0.05, 0) is 24.5 Å². The number of thiazole rings is 1. The topological polar surface area (TPSA) is 62.3 Å². The Morgan fingerprint density at radius 2 is 2.27 bits per heavy atom. The Labute approximate surface area is 133 Å². The predicted octanol–water partition coefficient (Wildman–Crippen LogP) is 2.70. The van der Waals surface area contributed by atoms with Crippen molar-refractivity contribution in [1.82, 2.24) is 4.98 Å². The summed E-state index contributed by atoms with van der Waals surface area (Å²) in [6, 6.07) is 7.80. The largest absolute Gasteiger partial charge is 0.326 e. The zero-order valence-corrected chi connectivity index (χ0v) is 13.1. The minimum atomic E-state index is -0.149. The molecule has 0 saturated carbocycles. The lowest BCUT2D eigenvalue weighted by Gasteiger charge is -2.24. The number of hydrogen-bond acceptors (Lipinski definition) is 4. The molecule has 1 unspecified atom stereocenters. The molecule has 114 valence electrons. The van der Waals surface area contributed by atoms with Gasteiger partial charge in [-0.1, -0.05) is 18.2 Å². The second-order valence-electron chi connectivity index (χ2n) is 5.35. The second-order valence-corrected chi connectivity index (χ2v) is 6.23. The van der Waals surface area contributed by atoms with Gasteiger partial charge in [0.1, 0.15) is 0 Å². The number of carbonyl (C=O) groups excluding carboxylic acids is 2. The van der Waals surface area contributed by atoms with E-state index >= 15 is 0 Å². The molecule has 22 heavy (non-hydrogen) atoms. The van der Waals surface area contributed by atoms with Crippen molar-refractivity contribution in [2.24, 2.45) is 5.92 Å². The van der Waals surface area contributed by atoms with Gasteiger partial charge in [-0.15, -0.1) is 11.3 Å². The first-order valence-electron chi connectivity index (χ1n) is 7.20. The molecule has 0 fully saturated rings. The fraction of sp³-hybridized carbons (Fsp3) is 0.312. The summed E-state index contributed by atoms with van der Waals surface area (Å²) in [5.41, 5.74) is 2.02. The Bertz CT molecular complexity index is 684. The van der Waals surface area contributed by atoms with Crippen LogP contribution in [0.25, 0.3) is 0 Å². The van der Waals surface area contributed by atoms with Crippen LogP contribution in [0.5, 0.6) is 0 Å². The van der Waals surface area contributed by atoms with Crippen molar-refractivity contribution >= 4 is 34.0 Å². The average molecular weight is 315 g/mol. The number of hydrogen-bond donors (Lipinski definition) is 1. The zero-order chi connectivity index (χ0) is 15.5. The Kier molecular flexibility index (Phi) is 4.20. The maximum absolute atomic E-state index is 12.2. The molecule has 2 amide bonds. The summed E-state index contributed by atoms with van der Waals surface area (Å²) >= 11 is 1.43. The van der Waals surface area contributed by atoms with E-state index in [0.29, 0.717) is 24.4 Å². The molecule has 0 aliphatic carbocycles. The Hall–Kier alpha value is -2.21. The highest BCUT2D eigenvalue weighted by Crippen LogP contribution is 2.28. The van der Waals surface area contributed by atoms with Crippen LogP contribution in [0.1, 0.15) is 18.4 Å². The fourth-order valence-electron chi connectivity index (χ4n) is 2.60. The van der Waals surface area contributed by atoms with Gasteiger partial charge >= 0.3 is 0 Å². The van der Waals surface area contributed by atoms with E-state index in [1.165, 1.54) is 11.3 Å². The quantitative estimate of drug-likeness (QED) is 0.943. The van der Waals surface area contributed by atoms with Crippen LogP contribution in [0.2, 0.25) is 0 Å². The number of nitrogens with zero attached hydrogens (tertiary/aromatic N) is 2. The highest BCUT2D eigenvalue weighted by atomic mass is 32.1. The maximum atomic E-state index is 12.2. The minimum Gasteiger partial charge on any atom is -0.326 e. The lowest BCUT2D eigenvalue weighted by atomic mass is 9.89. The highest BCUT2D eigenvalue weighted by molar-refractivity contribution is 7.13. The van der Waals surface area contributed by atoms with Crippen LogP contribution in [0.4, 0.5) is 10.8 Å². The van der Waals surface area contributed by atoms with Crippen LogP contribution in [0.15, 0.2) is 35.8 Å². The van der Waals surface area contributed by atoms with Crippen molar-refractivity contribution in [3.8, 4) is 0 Å². The van der Waals surface area contributed by atoms with Gasteiger partial charge in [0.2, 0.25) is 11.8 Å². The van der Waals surface area contributed by atoms with E-state index in [2.05, 4.69) is 10.3 Å². The Morgan fingerprint density at radius 3 is 3.05 bits per heavy atom. The van der Waals surface area contributed by atoms with Gasteiger partial charge in [0, 0.05) is 36.7 Å². The molecular formula is C16H17N3O2S. The van der Waals surface area contributed by atoms with Gasteiger partial charge in [0.25, 0.3) is 0 Å². The van der Waals surface area contributed by atoms with E-state index in [-0.39, 0.29) is 17.7 Å². The van der Waals surface area contributed by atoms with Crippen LogP contribution in [0.3, 0.4) is 0 Å². The Morgan fingerprint density at radius 1 is 1.45 bits per heavy atom. The number of benzene rings is 1. The molecular weight excluding hydrogens is 298 g/mol. The van der Waals surface area contributed by atoms with E-state index in [4.69, 9.17) is 0 Å². The van der Waals surface area contributed by atoms with E-state index < -0.39 is 0 Å². The number of carbonyl (C=O) groups is 2. The summed E-state index contributed by atoms with van der Waals surface area (Å²) in [6.07, 6.45) is 3.26. The molecule has 1 aliphatic heterocycles. The molecule has 5 nitrogen and oxygen atoms in total. The average Bonchev–Trinajstić information content (AvgIpc) is 3.06. The van der Waals surface area contributed by atoms with Crippen LogP contribution < -0.4 is 10.2 Å². The number of amides is 2. The molecule has 0 radical (unpaired) electrons. The fourth-order valence-corrected chi connectivity index (χ4v) is 3.23. The third-order valence-corrected chi connectivity index (χ3v) is 4.75. The predicted molar refractivity (Wildman–Crippen MR) is 87.0 cm³/mol. The van der Waals surface area contributed by atoms with Crippen molar-refractivity contribution in [1.29, 1.82) is 0 Å². The molecule has 0 spiro atoms. The van der Waals surface area contributed by atoms with Gasteiger partial charge in [-0.3, -0.25) is 14.5 Å². The first-order valence-corrected chi connectivity index (χ1v) is 8.08. The molecule has 6 heteroatoms. The monoisotopic (exact) mass is 315 g/mol. The van der Waals surface area contributed by atoms with E-state index in [1.54, 1.807) is 18.1 Å². The van der Waals surface area contributed by atoms with Gasteiger partial charge in [-0.25, -0.2) is 4.98 Å². The number of nitrogens with one attached hydrogen (secondary N) is 1. The van der Waals surface area contributed by atoms with Gasteiger partial charge in [0.15, 0.2) is 5.13 Å². The van der Waals surface area contributed by atoms with Crippen molar-refractivity contribution in [2.75, 3.05) is 17.3 Å². The smallest absolute Gasteiger partial charge is 0.228 e. The number of para-hydroxylation sites is 1. The van der Waals surface area contributed by atoms with E-state index in [9.17, 15) is 9.59 Å². The first kappa shape index (κ1) is 14.7. The second kappa shape index (κ2) is 6.27. The summed E-state index contributed by atoms with van der Waals surface area (Å²) in [4.78, 5) is 30.0. The molecule has 3 rings (SSSR count). The van der Waals surface area contributed by atoms with Crippen LogP contribution >= 0.6 is 11.3 Å². The van der Waals surface area contributed by atoms with Crippen molar-refractivity contribution in [2.45, 2.75) is 19.3 Å². The highest BCUT2D eigenvalue weighted by Gasteiger charge is 2.27. The summed E-state index contributed by atoms with van der Waals surface area (Å²) in [5.74, 6) is -0.159. The zero-order valence-electron chi connectivity index (χ0n) is 12.3. The van der Waals surface area contributed by atoms with Crippen molar-refractivity contribution in [3.05, 3.63) is 41.4 Å². The molecule has 1 aliphatic rings. The maximum Gasteiger partial charge on any atom is 0.228 e. The number of rotatable bonds is 4. The standard InChI is InChI=1S/C16H17N3O2S/c1-19(16-17-8-9-22-16)14(20)7-6-12-10-11-4-2-3-5-13(11)18-15(12)21/h2-5,8-9,12H,6-7,10H2,1H3,(H,18,21). The molecule has 0 bridgehead atoms. The molecule has 1 aromatic carbocycles. The lowest BCUT2D eigenvalue weighted by molar-refractivity contribution is -0.121. The summed E-state index contributed by atoms with van der Waals surface area (Å²) in [7, 11) is 1.72. The molecule has 1 atom stereocenters. The normalized spacial score (nSPS) is 16.8. The van der Waals surface area contributed by atoms with E-state index in [0.717, 1.165) is 11.3 Å². The molecule has 1 N–H and O–H groups in total. The van der Waals surface area contributed by atoms with Gasteiger partial charge in [0.05, 0.1) is 0 Å². The van der Waals surface area contributed by atoms with Crippen molar-refractivity contribution in [3.63, 3.8) is 0 Å². The summed E-state index contributed by atoms with van der Waals surface area (Å²) < 4.78 is 0. The van der Waals surface area contributed by atoms with Crippen LogP contribution in [-0.2, 0) is 16.0 Å². The van der Waals surface area contributed by atoms with Crippen LogP contribution in [0, 0.1) is 5.92 Å². The van der Waals surface area contributed by atoms with Crippen molar-refractivity contribution < 1.29 is 9.59 Å². The number of fused-ring (bicyclic) bond motifs is 1. The lowest BCUT2D eigenvalue weighted by Crippen LogP contribution is -2.32. The van der Waals surface area contributed by atoms with Gasteiger partial charge in [-0.2, -0.15) is 0 Å². The molecule has 1 aromatic heterocycles. The molecule has 2 heterocycles. The SMILES string of the molecule is CN(C(=O)CCC1Cc2ccccc2NC1=O)c1nccs1. The summed E-state index contributed by atoms with van der Waals surface area (Å²) in [6.45, 7) is 0. The third kappa shape index (κ3) is 3.01. The summed E-state index contributed by atoms with van der Waals surface area (Å²) in [5, 5.41) is 5.44. The van der Waals surface area contributed by atoms with Crippen LogP contribution in [-0.4, -0.2) is 23.8 Å². The van der Waals surface area contributed by atoms with Gasteiger partial charge < -0.3 is 5.32 Å². The third-order valence-electron chi connectivity index (χ3n) is 3.90. The Balaban J connectivity index is 1.60. The molecule has 2 aromatic rings. The minimum absolute atomic E-state index is 0.00315. The first-order chi connectivity index (χ1) is 10.6. The number of anilines is 2. The molecule has 0 saturated heterocycles.